The Morgan fingerprint density at radius 2 is 1.63 bits per heavy atom. The second-order valence-electron chi connectivity index (χ2n) is 6.49. The van der Waals surface area contributed by atoms with E-state index in [0.29, 0.717) is 30.1 Å². The van der Waals surface area contributed by atoms with Gasteiger partial charge in [-0.15, -0.1) is 0 Å². The third kappa shape index (κ3) is 4.34. The second kappa shape index (κ2) is 8.88. The zero-order chi connectivity index (χ0) is 21.9. The summed E-state index contributed by atoms with van der Waals surface area (Å²) in [4.78, 5) is 13.2. The molecule has 1 saturated heterocycles. The van der Waals surface area contributed by atoms with Crippen molar-refractivity contribution in [2.24, 2.45) is 0 Å². The van der Waals surface area contributed by atoms with E-state index < -0.39 is 32.4 Å². The maximum Gasteiger partial charge on any atom is 0.253 e. The Kier molecular flexibility index (Phi) is 6.47. The lowest BCUT2D eigenvalue weighted by Gasteiger charge is -2.34. The predicted octanol–water partition coefficient (Wildman–Crippen LogP) is 2.82. The molecule has 2 aromatic carbocycles. The van der Waals surface area contributed by atoms with Crippen molar-refractivity contribution in [3.63, 3.8) is 0 Å². The summed E-state index contributed by atoms with van der Waals surface area (Å²) in [6.07, 6.45) is 1.60. The van der Waals surface area contributed by atoms with Crippen LogP contribution in [-0.2, 0) is 10.0 Å². The zero-order valence-corrected chi connectivity index (χ0v) is 16.7. The zero-order valence-electron chi connectivity index (χ0n) is 15.9. The summed E-state index contributed by atoms with van der Waals surface area (Å²) in [6.45, 7) is 3.81. The minimum absolute atomic E-state index is 0.0675. The van der Waals surface area contributed by atoms with Gasteiger partial charge in [0.2, 0.25) is 10.0 Å². The van der Waals surface area contributed by atoms with Gasteiger partial charge in [0, 0.05) is 31.7 Å². The van der Waals surface area contributed by atoms with Crippen molar-refractivity contribution in [1.29, 1.82) is 0 Å². The average molecular weight is 440 g/mol. The molecule has 3 rings (SSSR count). The molecule has 0 radical (unpaired) electrons. The number of hydrogen-bond acceptors (Lipinski definition) is 4. The van der Waals surface area contributed by atoms with Crippen LogP contribution >= 0.6 is 0 Å². The number of piperazine rings is 1. The highest BCUT2D eigenvalue weighted by Gasteiger charge is 2.33. The van der Waals surface area contributed by atoms with E-state index in [2.05, 4.69) is 6.58 Å². The maximum absolute atomic E-state index is 13.9. The predicted molar refractivity (Wildman–Crippen MR) is 103 cm³/mol. The van der Waals surface area contributed by atoms with E-state index in [0.717, 1.165) is 4.31 Å². The Morgan fingerprint density at radius 1 is 1.00 bits per heavy atom. The Bertz CT molecular complexity index is 1050. The Hall–Kier alpha value is -2.85. The van der Waals surface area contributed by atoms with Crippen molar-refractivity contribution in [3.05, 3.63) is 72.1 Å². The summed E-state index contributed by atoms with van der Waals surface area (Å²) in [5.74, 6) is -4.78. The fourth-order valence-electron chi connectivity index (χ4n) is 3.01. The van der Waals surface area contributed by atoms with Gasteiger partial charge in [-0.2, -0.15) is 4.31 Å². The van der Waals surface area contributed by atoms with E-state index in [-0.39, 0.29) is 32.1 Å². The van der Waals surface area contributed by atoms with Crippen LogP contribution in [0.4, 0.5) is 13.2 Å². The van der Waals surface area contributed by atoms with Crippen LogP contribution in [0.3, 0.4) is 0 Å². The Labute approximate surface area is 172 Å². The van der Waals surface area contributed by atoms with Gasteiger partial charge in [-0.1, -0.05) is 12.7 Å². The van der Waals surface area contributed by atoms with Crippen molar-refractivity contribution in [2.45, 2.75) is 4.90 Å². The summed E-state index contributed by atoms with van der Waals surface area (Å²) in [6, 6.07) is 7.73. The van der Waals surface area contributed by atoms with Crippen LogP contribution in [0.2, 0.25) is 0 Å². The number of amides is 1. The first kappa shape index (κ1) is 21.8. The molecule has 10 heteroatoms. The number of nitrogens with zero attached hydrogens (tertiary/aromatic N) is 2. The molecule has 1 heterocycles. The summed E-state index contributed by atoms with van der Waals surface area (Å²) in [5.41, 5.74) is 0.406. The van der Waals surface area contributed by atoms with E-state index in [1.54, 1.807) is 30.3 Å². The number of ether oxygens (including phenoxy) is 1. The molecule has 0 aliphatic carbocycles. The summed E-state index contributed by atoms with van der Waals surface area (Å²) in [5, 5.41) is 0. The quantitative estimate of drug-likeness (QED) is 0.512. The fraction of sp³-hybridized carbons (Fsp3) is 0.250. The van der Waals surface area contributed by atoms with Crippen molar-refractivity contribution in [1.82, 2.24) is 9.21 Å². The Morgan fingerprint density at radius 3 is 2.23 bits per heavy atom. The van der Waals surface area contributed by atoms with Gasteiger partial charge < -0.3 is 9.64 Å². The lowest BCUT2D eigenvalue weighted by Crippen LogP contribution is -2.50. The molecule has 160 valence electrons. The molecular formula is C20H19F3N2O4S. The molecule has 0 bridgehead atoms. The van der Waals surface area contributed by atoms with Gasteiger partial charge in [-0.25, -0.2) is 21.6 Å². The molecule has 0 aromatic heterocycles. The van der Waals surface area contributed by atoms with E-state index in [4.69, 9.17) is 4.74 Å². The lowest BCUT2D eigenvalue weighted by atomic mass is 10.2. The third-order valence-electron chi connectivity index (χ3n) is 4.61. The number of benzene rings is 2. The fourth-order valence-corrected chi connectivity index (χ4v) is 4.49. The first-order valence-electron chi connectivity index (χ1n) is 9.02. The molecule has 1 aliphatic heterocycles. The van der Waals surface area contributed by atoms with Crippen molar-refractivity contribution in [2.75, 3.05) is 32.8 Å². The van der Waals surface area contributed by atoms with Crippen LogP contribution in [0.1, 0.15) is 10.4 Å². The molecular weight excluding hydrogens is 421 g/mol. The minimum atomic E-state index is -4.37. The minimum Gasteiger partial charge on any atom is -0.490 e. The molecule has 0 N–H and O–H groups in total. The molecule has 6 nitrogen and oxygen atoms in total. The monoisotopic (exact) mass is 440 g/mol. The third-order valence-corrected chi connectivity index (χ3v) is 6.53. The smallest absolute Gasteiger partial charge is 0.253 e. The van der Waals surface area contributed by atoms with Crippen LogP contribution in [0, 0.1) is 17.5 Å². The van der Waals surface area contributed by atoms with Gasteiger partial charge in [0.05, 0.1) is 0 Å². The van der Waals surface area contributed by atoms with Gasteiger partial charge in [-0.05, 0) is 36.4 Å². The van der Waals surface area contributed by atoms with E-state index >= 15 is 0 Å². The average Bonchev–Trinajstić information content (AvgIpc) is 2.76. The highest BCUT2D eigenvalue weighted by Crippen LogP contribution is 2.24. The molecule has 0 unspecified atom stereocenters. The van der Waals surface area contributed by atoms with Crippen LogP contribution in [0.25, 0.3) is 0 Å². The summed E-state index contributed by atoms with van der Waals surface area (Å²) < 4.78 is 72.0. The van der Waals surface area contributed by atoms with Gasteiger partial charge in [-0.3, -0.25) is 4.79 Å². The summed E-state index contributed by atoms with van der Waals surface area (Å²) in [7, 11) is -4.37. The van der Waals surface area contributed by atoms with Crippen LogP contribution in [0.15, 0.2) is 53.9 Å². The SMILES string of the molecule is C=CCOc1ccc(C(=O)N2CCN(S(=O)(=O)c3ccc(F)c(F)c3F)CC2)cc1. The largest absolute Gasteiger partial charge is 0.490 e. The first-order chi connectivity index (χ1) is 14.3. The number of rotatable bonds is 6. The van der Waals surface area contributed by atoms with Crippen molar-refractivity contribution in [3.8, 4) is 5.75 Å². The molecule has 0 saturated carbocycles. The Balaban J connectivity index is 1.67. The first-order valence-corrected chi connectivity index (χ1v) is 10.5. The second-order valence-corrected chi connectivity index (χ2v) is 8.40. The standard InChI is InChI=1S/C20H19F3N2O4S/c1-2-13-29-15-5-3-14(4-6-15)20(26)24-9-11-25(12-10-24)30(27,28)17-8-7-16(21)18(22)19(17)23/h2-8H,1,9-13H2. The van der Waals surface area contributed by atoms with Crippen LogP contribution in [0.5, 0.6) is 5.75 Å². The van der Waals surface area contributed by atoms with Crippen LogP contribution in [-0.4, -0.2) is 56.3 Å². The van der Waals surface area contributed by atoms with Gasteiger partial charge in [0.1, 0.15) is 17.3 Å². The van der Waals surface area contributed by atoms with Gasteiger partial charge in [0.15, 0.2) is 17.5 Å². The number of halogens is 3. The number of carbonyl (C=O) groups is 1. The van der Waals surface area contributed by atoms with Crippen molar-refractivity contribution < 1.29 is 31.1 Å². The molecule has 30 heavy (non-hydrogen) atoms. The lowest BCUT2D eigenvalue weighted by molar-refractivity contribution is 0.0697. The molecule has 1 amide bonds. The molecule has 2 aromatic rings. The van der Waals surface area contributed by atoms with Crippen molar-refractivity contribution >= 4 is 15.9 Å². The van der Waals surface area contributed by atoms with E-state index in [1.165, 1.54) is 4.90 Å². The maximum atomic E-state index is 13.9. The molecule has 0 spiro atoms. The summed E-state index contributed by atoms with van der Waals surface area (Å²) >= 11 is 0. The number of hydrogen-bond donors (Lipinski definition) is 0. The molecule has 1 fully saturated rings. The topological polar surface area (TPSA) is 66.9 Å². The molecule has 0 atom stereocenters. The van der Waals surface area contributed by atoms with Crippen LogP contribution < -0.4 is 4.74 Å². The number of sulfonamides is 1. The number of carbonyl (C=O) groups excluding carboxylic acids is 1. The van der Waals surface area contributed by atoms with Gasteiger partial charge in [0.25, 0.3) is 5.91 Å². The normalized spacial score (nSPS) is 15.1. The molecule has 1 aliphatic rings. The van der Waals surface area contributed by atoms with E-state index in [9.17, 15) is 26.4 Å². The highest BCUT2D eigenvalue weighted by molar-refractivity contribution is 7.89. The van der Waals surface area contributed by atoms with Gasteiger partial charge >= 0.3 is 0 Å². The van der Waals surface area contributed by atoms with E-state index in [1.807, 2.05) is 0 Å². The highest BCUT2D eigenvalue weighted by atomic mass is 32.2.